The van der Waals surface area contributed by atoms with Gasteiger partial charge in [0.25, 0.3) is 0 Å². The third-order valence-electron chi connectivity index (χ3n) is 6.83. The maximum Gasteiger partial charge on any atom is 0.306 e. The summed E-state index contributed by atoms with van der Waals surface area (Å²) >= 11 is 0. The summed E-state index contributed by atoms with van der Waals surface area (Å²) < 4.78 is 17.4. The molecule has 4 heteroatoms. The number of hydrogen-bond acceptors (Lipinski definition) is 4. The van der Waals surface area contributed by atoms with Crippen LogP contribution in [0.4, 0.5) is 0 Å². The number of benzene rings is 3. The lowest BCUT2D eigenvalue weighted by Gasteiger charge is -2.25. The van der Waals surface area contributed by atoms with Crippen LogP contribution in [-0.2, 0) is 22.6 Å². The molecule has 190 valence electrons. The molecule has 0 spiro atoms. The lowest BCUT2D eigenvalue weighted by Crippen LogP contribution is -2.15. The first-order chi connectivity index (χ1) is 17.6. The Balaban J connectivity index is 1.40. The van der Waals surface area contributed by atoms with Crippen molar-refractivity contribution in [2.24, 2.45) is 0 Å². The van der Waals surface area contributed by atoms with E-state index in [1.807, 2.05) is 13.0 Å². The zero-order chi connectivity index (χ0) is 25.3. The van der Waals surface area contributed by atoms with Crippen LogP contribution in [0.1, 0.15) is 74.1 Å². The number of fused-ring (bicyclic) bond motifs is 1. The lowest BCUT2D eigenvalue weighted by molar-refractivity contribution is -0.143. The molecule has 0 fully saturated rings. The van der Waals surface area contributed by atoms with Gasteiger partial charge in [-0.05, 0) is 92.0 Å². The van der Waals surface area contributed by atoms with Crippen LogP contribution < -0.4 is 9.47 Å². The van der Waals surface area contributed by atoms with Gasteiger partial charge >= 0.3 is 5.97 Å². The van der Waals surface area contributed by atoms with Gasteiger partial charge in [-0.2, -0.15) is 0 Å². The average Bonchev–Trinajstić information content (AvgIpc) is 2.89. The highest BCUT2D eigenvalue weighted by molar-refractivity contribution is 5.72. The second-order valence-corrected chi connectivity index (χ2v) is 9.65. The average molecular weight is 487 g/mol. The summed E-state index contributed by atoms with van der Waals surface area (Å²) in [7, 11) is 0. The van der Waals surface area contributed by atoms with E-state index >= 15 is 0 Å². The van der Waals surface area contributed by atoms with Crippen molar-refractivity contribution in [3.63, 3.8) is 0 Å². The van der Waals surface area contributed by atoms with E-state index in [4.69, 9.17) is 14.2 Å². The van der Waals surface area contributed by atoms with Gasteiger partial charge in [0.15, 0.2) is 0 Å². The van der Waals surface area contributed by atoms with Gasteiger partial charge in [-0.15, -0.1) is 0 Å². The van der Waals surface area contributed by atoms with Gasteiger partial charge in [0.05, 0.1) is 19.6 Å². The number of esters is 1. The molecule has 4 rings (SSSR count). The number of carbonyl (C=O) groups is 1. The summed E-state index contributed by atoms with van der Waals surface area (Å²) in [5.74, 6) is 1.95. The van der Waals surface area contributed by atoms with Gasteiger partial charge in [0.1, 0.15) is 18.1 Å². The number of rotatable bonds is 11. The summed E-state index contributed by atoms with van der Waals surface area (Å²) in [6, 6.07) is 21.2. The molecule has 0 radical (unpaired) electrons. The maximum absolute atomic E-state index is 12.0. The number of hydrogen-bond donors (Lipinski definition) is 0. The van der Waals surface area contributed by atoms with Crippen LogP contribution in [0, 0.1) is 6.92 Å². The second kappa shape index (κ2) is 12.6. The highest BCUT2D eigenvalue weighted by Gasteiger charge is 2.23. The fraction of sp³-hybridized carbons (Fsp3) is 0.406. The Morgan fingerprint density at radius 1 is 0.972 bits per heavy atom. The molecule has 3 aromatic carbocycles. The molecule has 0 N–H and O–H groups in total. The molecule has 0 heterocycles. The molecule has 0 aromatic heterocycles. The fourth-order valence-electron chi connectivity index (χ4n) is 4.88. The van der Waals surface area contributed by atoms with Crippen LogP contribution in [0.15, 0.2) is 60.7 Å². The number of unbranched alkanes of at least 4 members (excludes halogenated alkanes) is 1. The lowest BCUT2D eigenvalue weighted by atomic mass is 9.81. The minimum absolute atomic E-state index is 0.107. The van der Waals surface area contributed by atoms with E-state index in [9.17, 15) is 4.79 Å². The van der Waals surface area contributed by atoms with Gasteiger partial charge in [0.2, 0.25) is 0 Å². The smallest absolute Gasteiger partial charge is 0.306 e. The predicted octanol–water partition coefficient (Wildman–Crippen LogP) is 7.79. The Hall–Kier alpha value is -3.27. The van der Waals surface area contributed by atoms with Gasteiger partial charge in [-0.25, -0.2) is 0 Å². The van der Waals surface area contributed by atoms with E-state index in [1.165, 1.54) is 16.7 Å². The van der Waals surface area contributed by atoms with E-state index in [0.717, 1.165) is 66.9 Å². The van der Waals surface area contributed by atoms with Crippen LogP contribution in [-0.4, -0.2) is 19.2 Å². The molecule has 4 nitrogen and oxygen atoms in total. The Bertz CT molecular complexity index is 1150. The topological polar surface area (TPSA) is 44.8 Å². The Morgan fingerprint density at radius 3 is 2.58 bits per heavy atom. The fourth-order valence-corrected chi connectivity index (χ4v) is 4.88. The zero-order valence-electron chi connectivity index (χ0n) is 21.8. The third-order valence-corrected chi connectivity index (χ3v) is 6.83. The van der Waals surface area contributed by atoms with Crippen LogP contribution in [0.3, 0.4) is 0 Å². The van der Waals surface area contributed by atoms with Crippen molar-refractivity contribution >= 4 is 5.97 Å². The molecule has 1 aliphatic carbocycles. The van der Waals surface area contributed by atoms with Crippen molar-refractivity contribution in [2.75, 3.05) is 13.2 Å². The zero-order valence-corrected chi connectivity index (χ0v) is 21.8. The third kappa shape index (κ3) is 6.69. The van der Waals surface area contributed by atoms with Crippen LogP contribution in [0.25, 0.3) is 11.1 Å². The molecule has 0 unspecified atom stereocenters. The van der Waals surface area contributed by atoms with Crippen molar-refractivity contribution in [1.82, 2.24) is 0 Å². The molecular weight excluding hydrogens is 448 g/mol. The van der Waals surface area contributed by atoms with Gasteiger partial charge in [-0.1, -0.05) is 55.3 Å². The van der Waals surface area contributed by atoms with Gasteiger partial charge in [-0.3, -0.25) is 4.79 Å². The van der Waals surface area contributed by atoms with Crippen LogP contribution in [0.5, 0.6) is 11.5 Å². The van der Waals surface area contributed by atoms with Gasteiger partial charge in [0, 0.05) is 5.56 Å². The molecule has 1 atom stereocenters. The Labute approximate surface area is 215 Å². The molecule has 0 bridgehead atoms. The maximum atomic E-state index is 12.0. The monoisotopic (exact) mass is 486 g/mol. The summed E-state index contributed by atoms with van der Waals surface area (Å²) in [5, 5.41) is 0. The van der Waals surface area contributed by atoms with Crippen molar-refractivity contribution < 1.29 is 19.0 Å². The summed E-state index contributed by atoms with van der Waals surface area (Å²) in [6.07, 6.45) is 5.78. The van der Waals surface area contributed by atoms with Crippen molar-refractivity contribution in [3.05, 3.63) is 82.9 Å². The SMILES string of the molecule is CCCCOc1ccc(C)cc1-c1ccc(COc2ccc3c(c2)CCC[C@@H]3CC(=O)OCC)cc1. The Kier molecular flexibility index (Phi) is 9.05. The van der Waals surface area contributed by atoms with Crippen LogP contribution >= 0.6 is 0 Å². The first kappa shape index (κ1) is 25.8. The van der Waals surface area contributed by atoms with Crippen molar-refractivity contribution in [1.29, 1.82) is 0 Å². The largest absolute Gasteiger partial charge is 0.493 e. The molecule has 3 aromatic rings. The highest BCUT2D eigenvalue weighted by Crippen LogP contribution is 2.36. The molecular formula is C32H38O4. The summed E-state index contributed by atoms with van der Waals surface area (Å²) in [5.41, 5.74) is 7.18. The van der Waals surface area contributed by atoms with Crippen molar-refractivity contribution in [2.45, 2.75) is 71.8 Å². The molecule has 0 amide bonds. The normalized spacial score (nSPS) is 14.7. The molecule has 1 aliphatic rings. The number of aryl methyl sites for hydroxylation is 2. The first-order valence-electron chi connectivity index (χ1n) is 13.3. The van der Waals surface area contributed by atoms with Crippen molar-refractivity contribution in [3.8, 4) is 22.6 Å². The van der Waals surface area contributed by atoms with E-state index in [2.05, 4.69) is 68.4 Å². The minimum atomic E-state index is -0.107. The number of carbonyl (C=O) groups excluding carboxylic acids is 1. The van der Waals surface area contributed by atoms with Crippen LogP contribution in [0.2, 0.25) is 0 Å². The second-order valence-electron chi connectivity index (χ2n) is 9.65. The molecule has 0 aliphatic heterocycles. The highest BCUT2D eigenvalue weighted by atomic mass is 16.5. The first-order valence-corrected chi connectivity index (χ1v) is 13.3. The Morgan fingerprint density at radius 2 is 1.81 bits per heavy atom. The summed E-state index contributed by atoms with van der Waals surface area (Å²) in [4.78, 5) is 12.0. The quantitative estimate of drug-likeness (QED) is 0.205. The molecule has 0 saturated carbocycles. The van der Waals surface area contributed by atoms with E-state index < -0.39 is 0 Å². The minimum Gasteiger partial charge on any atom is -0.493 e. The van der Waals surface area contributed by atoms with E-state index in [0.29, 0.717) is 19.6 Å². The predicted molar refractivity (Wildman–Crippen MR) is 145 cm³/mol. The standard InChI is InChI=1S/C32H38O4/c1-4-6-18-35-31-17-10-23(3)19-30(31)25-13-11-24(12-14-25)22-36-28-15-16-29-26(20-28)8-7-9-27(29)21-32(33)34-5-2/h10-17,19-20,27H,4-9,18,21-22H2,1-3H3/t27-/m1/s1. The molecule has 36 heavy (non-hydrogen) atoms. The van der Waals surface area contributed by atoms with E-state index in [-0.39, 0.29) is 11.9 Å². The molecule has 0 saturated heterocycles. The van der Waals surface area contributed by atoms with Gasteiger partial charge < -0.3 is 14.2 Å². The number of ether oxygens (including phenoxy) is 3. The summed E-state index contributed by atoms with van der Waals surface area (Å²) in [6.45, 7) is 7.83. The van der Waals surface area contributed by atoms with E-state index in [1.54, 1.807) is 0 Å².